The summed E-state index contributed by atoms with van der Waals surface area (Å²) in [5, 5.41) is 32.5. The molecule has 0 aromatic heterocycles. The molecule has 0 saturated heterocycles. The summed E-state index contributed by atoms with van der Waals surface area (Å²) in [6.07, 6.45) is 34.7. The van der Waals surface area contributed by atoms with Gasteiger partial charge in [0, 0.05) is 52.6 Å². The molecule has 0 spiro atoms. The first-order valence-corrected chi connectivity index (χ1v) is 26.8. The number of aliphatic hydroxyl groups is 3. The van der Waals surface area contributed by atoms with Gasteiger partial charge in [-0.05, 0) is 45.1 Å². The van der Waals surface area contributed by atoms with Crippen LogP contribution < -0.4 is 0 Å². The van der Waals surface area contributed by atoms with Crippen molar-refractivity contribution in [1.82, 2.24) is 9.80 Å². The fourth-order valence-corrected chi connectivity index (χ4v) is 7.91. The Morgan fingerprint density at radius 3 is 0.935 bits per heavy atom. The van der Waals surface area contributed by atoms with E-state index in [-0.39, 0.29) is 0 Å². The number of ether oxygens (including phenoxy) is 5. The molecular formula is C52H108N2O8. The van der Waals surface area contributed by atoms with Crippen molar-refractivity contribution in [3.8, 4) is 0 Å². The van der Waals surface area contributed by atoms with Crippen molar-refractivity contribution in [3.63, 3.8) is 0 Å². The van der Waals surface area contributed by atoms with Crippen molar-refractivity contribution in [2.75, 3.05) is 98.9 Å². The third-order valence-corrected chi connectivity index (χ3v) is 11.8. The highest BCUT2D eigenvalue weighted by molar-refractivity contribution is 4.70. The number of hydrogen-bond donors (Lipinski definition) is 3. The molecule has 10 heteroatoms. The Morgan fingerprint density at radius 1 is 0.290 bits per heavy atom. The Balaban J connectivity index is 4.69. The minimum Gasteiger partial charge on any atom is -0.389 e. The van der Waals surface area contributed by atoms with Crippen molar-refractivity contribution < 1.29 is 39.0 Å². The summed E-state index contributed by atoms with van der Waals surface area (Å²) in [5.74, 6) is 0. The van der Waals surface area contributed by atoms with E-state index in [1.165, 1.54) is 128 Å². The summed E-state index contributed by atoms with van der Waals surface area (Å²) in [5.41, 5.74) is 0. The minimum atomic E-state index is -0.568. The molecule has 0 aromatic rings. The van der Waals surface area contributed by atoms with E-state index < -0.39 is 18.3 Å². The Hall–Kier alpha value is -0.400. The number of rotatable bonds is 54. The third-order valence-electron chi connectivity index (χ3n) is 11.8. The Morgan fingerprint density at radius 2 is 0.565 bits per heavy atom. The molecule has 10 nitrogen and oxygen atoms in total. The van der Waals surface area contributed by atoms with Gasteiger partial charge in [0.25, 0.3) is 0 Å². The summed E-state index contributed by atoms with van der Waals surface area (Å²) < 4.78 is 29.4. The second-order valence-corrected chi connectivity index (χ2v) is 18.4. The topological polar surface area (TPSA) is 113 Å². The van der Waals surface area contributed by atoms with Gasteiger partial charge < -0.3 is 39.0 Å². The molecular weight excluding hydrogens is 781 g/mol. The summed E-state index contributed by atoms with van der Waals surface area (Å²) in [6.45, 7) is 17.9. The van der Waals surface area contributed by atoms with Crippen LogP contribution in [0.2, 0.25) is 0 Å². The van der Waals surface area contributed by atoms with Crippen molar-refractivity contribution in [1.29, 1.82) is 0 Å². The van der Waals surface area contributed by atoms with E-state index >= 15 is 0 Å². The van der Waals surface area contributed by atoms with Gasteiger partial charge in [0.1, 0.15) is 0 Å². The van der Waals surface area contributed by atoms with E-state index in [0.717, 1.165) is 90.5 Å². The molecule has 0 heterocycles. The molecule has 0 amide bonds. The van der Waals surface area contributed by atoms with Crippen LogP contribution in [0.1, 0.15) is 220 Å². The monoisotopic (exact) mass is 889 g/mol. The predicted molar refractivity (Wildman–Crippen MR) is 261 cm³/mol. The molecule has 62 heavy (non-hydrogen) atoms. The summed E-state index contributed by atoms with van der Waals surface area (Å²) in [6, 6.07) is 0. The average Bonchev–Trinajstić information content (AvgIpc) is 3.26. The molecule has 0 radical (unpaired) electrons. The van der Waals surface area contributed by atoms with Crippen LogP contribution >= 0.6 is 0 Å². The highest BCUT2D eigenvalue weighted by Crippen LogP contribution is 2.12. The van der Waals surface area contributed by atoms with Crippen LogP contribution in [-0.2, 0) is 23.7 Å². The zero-order chi connectivity index (χ0) is 45.2. The zero-order valence-corrected chi connectivity index (χ0v) is 41.8. The molecule has 0 rings (SSSR count). The van der Waals surface area contributed by atoms with Crippen LogP contribution in [0.3, 0.4) is 0 Å². The van der Waals surface area contributed by atoms with E-state index in [4.69, 9.17) is 23.7 Å². The van der Waals surface area contributed by atoms with Gasteiger partial charge >= 0.3 is 0 Å². The lowest BCUT2D eigenvalue weighted by molar-refractivity contribution is -0.0364. The second kappa shape index (κ2) is 51.6. The predicted octanol–water partition coefficient (Wildman–Crippen LogP) is 11.5. The molecule has 0 bridgehead atoms. The van der Waals surface area contributed by atoms with E-state index in [1.807, 2.05) is 0 Å². The maximum absolute atomic E-state index is 10.9. The van der Waals surface area contributed by atoms with Crippen LogP contribution in [0.5, 0.6) is 0 Å². The summed E-state index contributed by atoms with van der Waals surface area (Å²) in [4.78, 5) is 4.44. The smallest absolute Gasteiger partial charge is 0.0992 e. The SMILES string of the molecule is CCCCCCCCOCCOCN(CCCCCCCCN(CC(O)COCCCCCCCC)CC(O)COCCCCCCCC)CC(O)COCCCCCCCC. The average molecular weight is 889 g/mol. The number of unbranched alkanes of at least 4 members (excludes halogenated alkanes) is 25. The van der Waals surface area contributed by atoms with Gasteiger partial charge in [0.05, 0.1) is 58.1 Å². The fraction of sp³-hybridized carbons (Fsp3) is 1.00. The van der Waals surface area contributed by atoms with E-state index in [9.17, 15) is 15.3 Å². The Labute approximate surface area is 385 Å². The maximum atomic E-state index is 10.9. The van der Waals surface area contributed by atoms with Crippen LogP contribution in [-0.4, -0.2) is 142 Å². The van der Waals surface area contributed by atoms with Gasteiger partial charge in [-0.1, -0.05) is 182 Å². The van der Waals surface area contributed by atoms with Gasteiger partial charge in [-0.25, -0.2) is 0 Å². The Kier molecular flexibility index (Phi) is 51.2. The molecule has 0 aliphatic heterocycles. The molecule has 0 fully saturated rings. The molecule has 3 atom stereocenters. The van der Waals surface area contributed by atoms with Crippen LogP contribution in [0.15, 0.2) is 0 Å². The first kappa shape index (κ1) is 61.6. The molecule has 0 saturated carbocycles. The minimum absolute atomic E-state index is 0.342. The third kappa shape index (κ3) is 47.6. The summed E-state index contributed by atoms with van der Waals surface area (Å²) in [7, 11) is 0. The van der Waals surface area contributed by atoms with Crippen LogP contribution in [0.25, 0.3) is 0 Å². The zero-order valence-electron chi connectivity index (χ0n) is 41.8. The fourth-order valence-electron chi connectivity index (χ4n) is 7.91. The standard InChI is InChI=1S/C52H108N2O8/c1-5-9-13-17-25-31-37-58-41-42-62-49-54(45-52(57)48-61-40-34-28-20-16-12-8-4)36-30-24-22-21-23-29-35-53(43-50(55)46-59-38-32-26-18-14-10-6-2)44-51(56)47-60-39-33-27-19-15-11-7-3/h50-52,55-57H,5-49H2,1-4H3. The number of nitrogens with zero attached hydrogens (tertiary/aromatic N) is 2. The molecule has 0 aliphatic rings. The van der Waals surface area contributed by atoms with Crippen molar-refractivity contribution in [2.24, 2.45) is 0 Å². The Bertz CT molecular complexity index is 802. The second-order valence-electron chi connectivity index (χ2n) is 18.4. The molecule has 374 valence electrons. The van der Waals surface area contributed by atoms with Gasteiger partial charge in [-0.2, -0.15) is 0 Å². The lowest BCUT2D eigenvalue weighted by Gasteiger charge is -2.27. The molecule has 3 N–H and O–H groups in total. The number of hydrogen-bond acceptors (Lipinski definition) is 10. The highest BCUT2D eigenvalue weighted by atomic mass is 16.5. The number of aliphatic hydroxyl groups excluding tert-OH is 3. The maximum Gasteiger partial charge on any atom is 0.0992 e. The van der Waals surface area contributed by atoms with Gasteiger partial charge in [0.2, 0.25) is 0 Å². The van der Waals surface area contributed by atoms with E-state index in [1.54, 1.807) is 0 Å². The normalized spacial score (nSPS) is 13.5. The van der Waals surface area contributed by atoms with E-state index in [0.29, 0.717) is 72.6 Å². The lowest BCUT2D eigenvalue weighted by atomic mass is 10.1. The highest BCUT2D eigenvalue weighted by Gasteiger charge is 2.17. The quantitative estimate of drug-likeness (QED) is 0.0403. The van der Waals surface area contributed by atoms with Crippen molar-refractivity contribution >= 4 is 0 Å². The molecule has 3 unspecified atom stereocenters. The van der Waals surface area contributed by atoms with Gasteiger partial charge in [0.15, 0.2) is 0 Å². The van der Waals surface area contributed by atoms with Crippen LogP contribution in [0, 0.1) is 0 Å². The van der Waals surface area contributed by atoms with E-state index in [2.05, 4.69) is 37.5 Å². The first-order valence-electron chi connectivity index (χ1n) is 26.8. The van der Waals surface area contributed by atoms with Crippen molar-refractivity contribution in [2.45, 2.75) is 239 Å². The largest absolute Gasteiger partial charge is 0.389 e. The summed E-state index contributed by atoms with van der Waals surface area (Å²) >= 11 is 0. The lowest BCUT2D eigenvalue weighted by Crippen LogP contribution is -2.41. The van der Waals surface area contributed by atoms with Crippen molar-refractivity contribution in [3.05, 3.63) is 0 Å². The first-order chi connectivity index (χ1) is 30.5. The van der Waals surface area contributed by atoms with Gasteiger partial charge in [-0.3, -0.25) is 9.80 Å². The van der Waals surface area contributed by atoms with Crippen LogP contribution in [0.4, 0.5) is 0 Å². The molecule has 0 aliphatic carbocycles. The molecule has 0 aromatic carbocycles. The van der Waals surface area contributed by atoms with Gasteiger partial charge in [-0.15, -0.1) is 0 Å².